The average molecular weight is 466 g/mol. The fraction of sp³-hybridized carbons (Fsp3) is 0.633. The van der Waals surface area contributed by atoms with Gasteiger partial charge in [-0.05, 0) is 87.3 Å². The van der Waals surface area contributed by atoms with Crippen LogP contribution in [0.4, 0.5) is 10.1 Å². The van der Waals surface area contributed by atoms with Crippen LogP contribution < -0.4 is 5.32 Å². The summed E-state index contributed by atoms with van der Waals surface area (Å²) in [5.41, 5.74) is 5.26. The van der Waals surface area contributed by atoms with Crippen LogP contribution in [0.3, 0.4) is 0 Å². The van der Waals surface area contributed by atoms with Crippen molar-refractivity contribution in [1.82, 2.24) is 0 Å². The van der Waals surface area contributed by atoms with Gasteiger partial charge in [0.15, 0.2) is 5.78 Å². The van der Waals surface area contributed by atoms with Gasteiger partial charge in [-0.15, -0.1) is 0 Å². The molecule has 184 valence electrons. The lowest BCUT2D eigenvalue weighted by Gasteiger charge is -2.38. The number of fused-ring (bicyclic) bond motifs is 1. The smallest absolute Gasteiger partial charge is 0.191 e. The van der Waals surface area contributed by atoms with Gasteiger partial charge in [0.2, 0.25) is 0 Å². The zero-order valence-electron chi connectivity index (χ0n) is 20.6. The highest BCUT2D eigenvalue weighted by atomic mass is 19.1. The molecule has 0 bridgehead atoms. The van der Waals surface area contributed by atoms with Gasteiger partial charge in [0.1, 0.15) is 11.9 Å². The molecule has 3 nitrogen and oxygen atoms in total. The summed E-state index contributed by atoms with van der Waals surface area (Å²) in [6, 6.07) is 5.32. The average Bonchev–Trinajstić information content (AvgIpc) is 3.53. The highest BCUT2D eigenvalue weighted by Gasteiger charge is 2.42. The van der Waals surface area contributed by atoms with E-state index in [0.29, 0.717) is 11.8 Å². The third-order valence-corrected chi connectivity index (χ3v) is 9.24. The number of aliphatic hydroxyl groups excluding tert-OH is 1. The fourth-order valence-electron chi connectivity index (χ4n) is 7.32. The minimum atomic E-state index is -0.827. The molecule has 1 heterocycles. The number of carbonyl (C=O) groups is 1. The highest BCUT2D eigenvalue weighted by Crippen LogP contribution is 2.46. The van der Waals surface area contributed by atoms with E-state index < -0.39 is 6.10 Å². The lowest BCUT2D eigenvalue weighted by Crippen LogP contribution is -2.40. The molecule has 0 radical (unpaired) electrons. The van der Waals surface area contributed by atoms with E-state index >= 15 is 0 Å². The van der Waals surface area contributed by atoms with Crippen LogP contribution in [-0.4, -0.2) is 23.5 Å². The Balaban J connectivity index is 1.17. The summed E-state index contributed by atoms with van der Waals surface area (Å²) in [7, 11) is 0. The Morgan fingerprint density at radius 1 is 1.15 bits per heavy atom. The molecule has 0 aromatic heterocycles. The summed E-state index contributed by atoms with van der Waals surface area (Å²) >= 11 is 0. The van der Waals surface area contributed by atoms with Gasteiger partial charge in [0.05, 0.1) is 0 Å². The third kappa shape index (κ3) is 4.63. The number of hydrogen-bond acceptors (Lipinski definition) is 3. The van der Waals surface area contributed by atoms with E-state index in [-0.39, 0.29) is 17.5 Å². The van der Waals surface area contributed by atoms with Gasteiger partial charge in [-0.1, -0.05) is 49.8 Å². The van der Waals surface area contributed by atoms with Crippen LogP contribution >= 0.6 is 0 Å². The Morgan fingerprint density at radius 3 is 2.65 bits per heavy atom. The number of Topliss-reactive ketones (excluding diaryl/α,β-unsaturated/α-hetero) is 1. The normalized spacial score (nSPS) is 29.9. The Labute approximate surface area is 203 Å². The maximum atomic E-state index is 14.5. The van der Waals surface area contributed by atoms with E-state index in [2.05, 4.69) is 18.3 Å². The summed E-state index contributed by atoms with van der Waals surface area (Å²) in [5.74, 6) is 1.79. The number of benzene rings is 1. The molecule has 2 unspecified atom stereocenters. The molecule has 1 aliphatic heterocycles. The van der Waals surface area contributed by atoms with Crippen LogP contribution in [0, 0.1) is 23.6 Å². The van der Waals surface area contributed by atoms with Crippen LogP contribution in [0.2, 0.25) is 0 Å². The van der Waals surface area contributed by atoms with E-state index in [0.717, 1.165) is 79.8 Å². The van der Waals surface area contributed by atoms with Crippen molar-refractivity contribution in [1.29, 1.82) is 0 Å². The molecular formula is C30H40FNO2. The number of nitrogens with one attached hydrogen (secondary N) is 1. The van der Waals surface area contributed by atoms with E-state index in [1.165, 1.54) is 37.7 Å². The minimum Gasteiger partial charge on any atom is -0.384 e. The Bertz CT molecular complexity index is 966. The van der Waals surface area contributed by atoms with Crippen molar-refractivity contribution < 1.29 is 14.3 Å². The largest absolute Gasteiger partial charge is 0.384 e. The van der Waals surface area contributed by atoms with E-state index in [1.807, 2.05) is 6.07 Å². The topological polar surface area (TPSA) is 49.3 Å². The second-order valence-corrected chi connectivity index (χ2v) is 11.1. The molecule has 0 saturated heterocycles. The Kier molecular flexibility index (Phi) is 7.24. The van der Waals surface area contributed by atoms with Gasteiger partial charge in [-0.3, -0.25) is 4.79 Å². The third-order valence-electron chi connectivity index (χ3n) is 9.24. The molecule has 34 heavy (non-hydrogen) atoms. The number of anilines is 1. The zero-order valence-corrected chi connectivity index (χ0v) is 20.6. The van der Waals surface area contributed by atoms with Gasteiger partial charge in [-0.25, -0.2) is 4.39 Å². The van der Waals surface area contributed by atoms with Gasteiger partial charge in [0.25, 0.3) is 0 Å². The molecule has 1 aromatic carbocycles. The quantitative estimate of drug-likeness (QED) is 0.403. The number of carbonyl (C=O) groups excluding carboxylic acids is 1. The number of allylic oxidation sites excluding steroid dienone is 2. The predicted octanol–water partition coefficient (Wildman–Crippen LogP) is 7.08. The first-order valence-electron chi connectivity index (χ1n) is 13.7. The lowest BCUT2D eigenvalue weighted by molar-refractivity contribution is -0.125. The minimum absolute atomic E-state index is 0.00492. The van der Waals surface area contributed by atoms with Crippen LogP contribution in [-0.2, 0) is 4.79 Å². The molecular weight excluding hydrogens is 425 g/mol. The molecule has 1 aromatic rings. The van der Waals surface area contributed by atoms with Gasteiger partial charge in [-0.2, -0.15) is 0 Å². The Hall–Kier alpha value is -1.94. The second-order valence-electron chi connectivity index (χ2n) is 11.1. The first-order valence-corrected chi connectivity index (χ1v) is 13.7. The van der Waals surface area contributed by atoms with Crippen LogP contribution in [0.15, 0.2) is 41.0 Å². The summed E-state index contributed by atoms with van der Waals surface area (Å²) in [6.45, 7) is 2.91. The fourth-order valence-corrected chi connectivity index (χ4v) is 7.32. The molecule has 2 fully saturated rings. The SMILES string of the molecule is C/C=C(\CC1CNc2cccc(F)c21)C1CCC(C2=C(CCCC3CCCC3)C(O)C2=O)CC1. The molecule has 2 saturated carbocycles. The number of ketones is 1. The zero-order chi connectivity index (χ0) is 23.7. The molecule has 0 spiro atoms. The van der Waals surface area contributed by atoms with Crippen molar-refractivity contribution >= 4 is 11.5 Å². The summed E-state index contributed by atoms with van der Waals surface area (Å²) < 4.78 is 14.5. The maximum absolute atomic E-state index is 14.5. The van der Waals surface area contributed by atoms with Crippen molar-refractivity contribution in [2.45, 2.75) is 96.0 Å². The van der Waals surface area contributed by atoms with Gasteiger partial charge < -0.3 is 10.4 Å². The lowest BCUT2D eigenvalue weighted by atomic mass is 9.67. The van der Waals surface area contributed by atoms with Crippen LogP contribution in [0.25, 0.3) is 0 Å². The highest BCUT2D eigenvalue weighted by molar-refractivity contribution is 6.09. The van der Waals surface area contributed by atoms with Crippen molar-refractivity contribution in [3.8, 4) is 0 Å². The van der Waals surface area contributed by atoms with Crippen molar-refractivity contribution in [3.05, 3.63) is 52.4 Å². The maximum Gasteiger partial charge on any atom is 0.191 e. The molecule has 4 aliphatic rings. The van der Waals surface area contributed by atoms with Crippen LogP contribution in [0.1, 0.15) is 95.5 Å². The molecule has 2 N–H and O–H groups in total. The van der Waals surface area contributed by atoms with Crippen molar-refractivity contribution in [2.75, 3.05) is 11.9 Å². The predicted molar refractivity (Wildman–Crippen MR) is 135 cm³/mol. The van der Waals surface area contributed by atoms with E-state index in [1.54, 1.807) is 12.1 Å². The molecule has 5 rings (SSSR count). The molecule has 0 amide bonds. The summed E-state index contributed by atoms with van der Waals surface area (Å²) in [6.07, 6.45) is 15.2. The number of aliphatic hydroxyl groups is 1. The van der Waals surface area contributed by atoms with Crippen LogP contribution in [0.5, 0.6) is 0 Å². The van der Waals surface area contributed by atoms with E-state index in [4.69, 9.17) is 0 Å². The van der Waals surface area contributed by atoms with Crippen molar-refractivity contribution in [2.24, 2.45) is 17.8 Å². The first-order chi connectivity index (χ1) is 16.6. The van der Waals surface area contributed by atoms with Gasteiger partial charge >= 0.3 is 0 Å². The van der Waals surface area contributed by atoms with Gasteiger partial charge in [0, 0.05) is 29.3 Å². The number of hydrogen-bond donors (Lipinski definition) is 2. The van der Waals surface area contributed by atoms with E-state index in [9.17, 15) is 14.3 Å². The second kappa shape index (κ2) is 10.4. The first kappa shape index (κ1) is 23.8. The number of rotatable bonds is 8. The summed E-state index contributed by atoms with van der Waals surface area (Å²) in [5, 5.41) is 13.7. The molecule has 3 aliphatic carbocycles. The monoisotopic (exact) mass is 465 g/mol. The summed E-state index contributed by atoms with van der Waals surface area (Å²) in [4.78, 5) is 12.6. The molecule has 2 atom stereocenters. The molecule has 4 heteroatoms. The Morgan fingerprint density at radius 2 is 1.91 bits per heavy atom. The standard InChI is InChI=1S/C30H40FNO2/c1-2-20(17-23-18-32-26-12-6-11-25(31)28(23)26)21-13-15-22(16-14-21)27-24(29(33)30(27)34)10-5-9-19-7-3-4-8-19/h2,6,11-12,19,21-23,29,32-33H,3-5,7-10,13-18H2,1H3/b20-2+. The van der Waals surface area contributed by atoms with Crippen molar-refractivity contribution in [3.63, 3.8) is 0 Å². The number of halogens is 1.